The largest absolute Gasteiger partial charge is 0.478 e. The van der Waals surface area contributed by atoms with E-state index in [4.69, 9.17) is 5.11 Å². The lowest BCUT2D eigenvalue weighted by atomic mass is 10.0. The highest BCUT2D eigenvalue weighted by Gasteiger charge is 2.50. The maximum Gasteiger partial charge on any atom is 0.328 e. The Hall–Kier alpha value is -2.10. The summed E-state index contributed by atoms with van der Waals surface area (Å²) in [6.07, 6.45) is 3.59. The SMILES string of the molecule is CC(NC(=O)C1CC1(C)C)c1cccc(/C=C/C(=O)O)c1. The fourth-order valence-electron chi connectivity index (χ4n) is 2.41. The van der Waals surface area contributed by atoms with Gasteiger partial charge >= 0.3 is 5.97 Å². The molecule has 0 aliphatic heterocycles. The van der Waals surface area contributed by atoms with Crippen LogP contribution < -0.4 is 5.32 Å². The Balaban J connectivity index is 2.02. The van der Waals surface area contributed by atoms with Gasteiger partial charge in [-0.1, -0.05) is 32.0 Å². The van der Waals surface area contributed by atoms with E-state index in [9.17, 15) is 9.59 Å². The molecule has 1 fully saturated rings. The zero-order chi connectivity index (χ0) is 15.6. The van der Waals surface area contributed by atoms with Gasteiger partial charge in [0.2, 0.25) is 5.91 Å². The number of carboxylic acids is 1. The highest BCUT2D eigenvalue weighted by Crippen LogP contribution is 2.51. The molecular weight excluding hydrogens is 266 g/mol. The van der Waals surface area contributed by atoms with E-state index in [1.54, 1.807) is 6.08 Å². The molecule has 4 nitrogen and oxygen atoms in total. The van der Waals surface area contributed by atoms with Crippen LogP contribution in [0.4, 0.5) is 0 Å². The van der Waals surface area contributed by atoms with Crippen molar-refractivity contribution in [1.82, 2.24) is 5.32 Å². The van der Waals surface area contributed by atoms with E-state index in [0.29, 0.717) is 0 Å². The molecule has 2 unspecified atom stereocenters. The highest BCUT2D eigenvalue weighted by molar-refractivity contribution is 5.85. The number of carboxylic acid groups (broad SMARTS) is 1. The topological polar surface area (TPSA) is 66.4 Å². The molecule has 1 aliphatic carbocycles. The van der Waals surface area contributed by atoms with Crippen LogP contribution in [-0.2, 0) is 9.59 Å². The number of nitrogens with one attached hydrogen (secondary N) is 1. The Kier molecular flexibility index (Phi) is 4.16. The lowest BCUT2D eigenvalue weighted by Gasteiger charge is -2.15. The van der Waals surface area contributed by atoms with Gasteiger partial charge in [0.05, 0.1) is 6.04 Å². The molecule has 1 saturated carbocycles. The number of hydrogen-bond donors (Lipinski definition) is 2. The Morgan fingerprint density at radius 3 is 2.67 bits per heavy atom. The van der Waals surface area contributed by atoms with E-state index in [2.05, 4.69) is 19.2 Å². The molecule has 2 atom stereocenters. The number of rotatable bonds is 5. The lowest BCUT2D eigenvalue weighted by molar-refractivity contribution is -0.131. The normalized spacial score (nSPS) is 21.0. The van der Waals surface area contributed by atoms with E-state index in [0.717, 1.165) is 23.6 Å². The Bertz CT molecular complexity index is 589. The minimum absolute atomic E-state index is 0.0907. The van der Waals surface area contributed by atoms with Crippen molar-refractivity contribution in [3.8, 4) is 0 Å². The molecule has 1 aromatic carbocycles. The quantitative estimate of drug-likeness (QED) is 0.818. The second-order valence-electron chi connectivity index (χ2n) is 6.32. The number of carbonyl (C=O) groups excluding carboxylic acids is 1. The average molecular weight is 287 g/mol. The summed E-state index contributed by atoms with van der Waals surface area (Å²) in [6.45, 7) is 6.13. The van der Waals surface area contributed by atoms with Gasteiger partial charge in [0, 0.05) is 12.0 Å². The third-order valence-electron chi connectivity index (χ3n) is 4.02. The molecule has 2 rings (SSSR count). The molecule has 112 valence electrons. The van der Waals surface area contributed by atoms with Crippen molar-refractivity contribution in [2.24, 2.45) is 11.3 Å². The van der Waals surface area contributed by atoms with E-state index in [1.807, 2.05) is 31.2 Å². The van der Waals surface area contributed by atoms with E-state index in [1.165, 1.54) is 0 Å². The monoisotopic (exact) mass is 287 g/mol. The van der Waals surface area contributed by atoms with Gasteiger partial charge in [-0.15, -0.1) is 0 Å². The Morgan fingerprint density at radius 1 is 1.43 bits per heavy atom. The lowest BCUT2D eigenvalue weighted by Crippen LogP contribution is -2.29. The number of amides is 1. The van der Waals surface area contributed by atoms with Gasteiger partial charge in [-0.2, -0.15) is 0 Å². The molecule has 2 N–H and O–H groups in total. The zero-order valence-corrected chi connectivity index (χ0v) is 12.6. The van der Waals surface area contributed by atoms with Gasteiger partial charge in [-0.25, -0.2) is 4.79 Å². The smallest absolute Gasteiger partial charge is 0.328 e. The molecule has 0 bridgehead atoms. The summed E-state index contributed by atoms with van der Waals surface area (Å²) in [4.78, 5) is 22.6. The minimum atomic E-state index is -0.974. The predicted octanol–water partition coefficient (Wildman–Crippen LogP) is 3.01. The highest BCUT2D eigenvalue weighted by atomic mass is 16.4. The van der Waals surface area contributed by atoms with Gasteiger partial charge in [0.15, 0.2) is 0 Å². The van der Waals surface area contributed by atoms with E-state index in [-0.39, 0.29) is 23.3 Å². The number of carbonyl (C=O) groups is 2. The van der Waals surface area contributed by atoms with Crippen molar-refractivity contribution in [2.75, 3.05) is 0 Å². The van der Waals surface area contributed by atoms with Gasteiger partial charge in [0.1, 0.15) is 0 Å². The van der Waals surface area contributed by atoms with Crippen molar-refractivity contribution < 1.29 is 14.7 Å². The number of hydrogen-bond acceptors (Lipinski definition) is 2. The number of aliphatic carboxylic acids is 1. The molecular formula is C17H21NO3. The fraction of sp³-hybridized carbons (Fsp3) is 0.412. The van der Waals surface area contributed by atoms with Crippen molar-refractivity contribution in [3.05, 3.63) is 41.5 Å². The summed E-state index contributed by atoms with van der Waals surface area (Å²) < 4.78 is 0. The van der Waals surface area contributed by atoms with Crippen LogP contribution in [0.1, 0.15) is 44.4 Å². The van der Waals surface area contributed by atoms with Crippen LogP contribution in [0.25, 0.3) is 6.08 Å². The van der Waals surface area contributed by atoms with Crippen molar-refractivity contribution >= 4 is 18.0 Å². The van der Waals surface area contributed by atoms with Gasteiger partial charge in [0.25, 0.3) is 0 Å². The molecule has 0 aromatic heterocycles. The summed E-state index contributed by atoms with van der Waals surface area (Å²) >= 11 is 0. The van der Waals surface area contributed by atoms with Crippen LogP contribution >= 0.6 is 0 Å². The summed E-state index contributed by atoms with van der Waals surface area (Å²) in [5.74, 6) is -0.772. The maximum atomic E-state index is 12.1. The first kappa shape index (κ1) is 15.3. The average Bonchev–Trinajstić information content (AvgIpc) is 3.06. The summed E-state index contributed by atoms with van der Waals surface area (Å²) in [6, 6.07) is 7.43. The summed E-state index contributed by atoms with van der Waals surface area (Å²) in [5, 5.41) is 11.7. The molecule has 4 heteroatoms. The molecule has 0 heterocycles. The van der Waals surface area contributed by atoms with Gasteiger partial charge in [-0.05, 0) is 42.0 Å². The fourth-order valence-corrected chi connectivity index (χ4v) is 2.41. The molecule has 0 radical (unpaired) electrons. The number of benzene rings is 1. The van der Waals surface area contributed by atoms with E-state index >= 15 is 0 Å². The molecule has 1 aliphatic rings. The zero-order valence-electron chi connectivity index (χ0n) is 12.6. The predicted molar refractivity (Wildman–Crippen MR) is 81.6 cm³/mol. The van der Waals surface area contributed by atoms with Crippen molar-refractivity contribution in [3.63, 3.8) is 0 Å². The second kappa shape index (κ2) is 5.72. The molecule has 1 aromatic rings. The van der Waals surface area contributed by atoms with Crippen molar-refractivity contribution in [2.45, 2.75) is 33.2 Å². The molecule has 1 amide bonds. The van der Waals surface area contributed by atoms with Crippen LogP contribution in [0.3, 0.4) is 0 Å². The van der Waals surface area contributed by atoms with Crippen LogP contribution in [0, 0.1) is 11.3 Å². The molecule has 21 heavy (non-hydrogen) atoms. The third-order valence-corrected chi connectivity index (χ3v) is 4.02. The minimum Gasteiger partial charge on any atom is -0.478 e. The van der Waals surface area contributed by atoms with Crippen LogP contribution in [0.15, 0.2) is 30.3 Å². The van der Waals surface area contributed by atoms with Gasteiger partial charge in [-0.3, -0.25) is 4.79 Å². The Labute approximate surface area is 124 Å². The van der Waals surface area contributed by atoms with Crippen LogP contribution in [0.2, 0.25) is 0 Å². The standard InChI is InChI=1S/C17H21NO3/c1-11(18-16(21)14-10-17(14,2)3)13-6-4-5-12(9-13)7-8-15(19)20/h4-9,11,14H,10H2,1-3H3,(H,18,21)(H,19,20)/b8-7+. The van der Waals surface area contributed by atoms with Crippen molar-refractivity contribution in [1.29, 1.82) is 0 Å². The third kappa shape index (κ3) is 3.94. The molecule has 0 spiro atoms. The maximum absolute atomic E-state index is 12.1. The summed E-state index contributed by atoms with van der Waals surface area (Å²) in [7, 11) is 0. The first-order valence-corrected chi connectivity index (χ1v) is 7.11. The first-order valence-electron chi connectivity index (χ1n) is 7.11. The Morgan fingerprint density at radius 2 is 2.10 bits per heavy atom. The first-order chi connectivity index (χ1) is 9.79. The summed E-state index contributed by atoms with van der Waals surface area (Å²) in [5.41, 5.74) is 1.90. The second-order valence-corrected chi connectivity index (χ2v) is 6.32. The van der Waals surface area contributed by atoms with Crippen LogP contribution in [-0.4, -0.2) is 17.0 Å². The van der Waals surface area contributed by atoms with Crippen LogP contribution in [0.5, 0.6) is 0 Å². The molecule has 0 saturated heterocycles. The van der Waals surface area contributed by atoms with Gasteiger partial charge < -0.3 is 10.4 Å². The van der Waals surface area contributed by atoms with E-state index < -0.39 is 5.97 Å².